The van der Waals surface area contributed by atoms with E-state index in [1.54, 1.807) is 30.7 Å². The molecule has 1 N–H and O–H groups in total. The standard InChI is InChI=1S/C28H30Cl2O8.C4H4O/c1-15-11-19-18-7-6-16-12-17(31)8-9-25(16,2)27(18,30)22(37-24(34)35)13-26(19,3)28(15,21(32)14-29)38-23(33)20-5-4-10-36-20;1-2-4-5-3-1/h4-5,8-10,12,15,18-19,22H,6-7,11,13-14H2,1-3H3,(H,34,35);1-4H/t15-,18+,19+,22+,25+,26+,27?,28+;/m1./s1. The van der Waals surface area contributed by atoms with Crippen LogP contribution in [0.2, 0.25) is 0 Å². The molecular formula is C32H34Cl2O9. The van der Waals surface area contributed by atoms with Crippen LogP contribution in [0, 0.1) is 28.6 Å². The lowest BCUT2D eigenvalue weighted by Crippen LogP contribution is -2.70. The van der Waals surface area contributed by atoms with Gasteiger partial charge in [-0.05, 0) is 73.9 Å². The van der Waals surface area contributed by atoms with E-state index in [9.17, 15) is 24.3 Å². The van der Waals surface area contributed by atoms with E-state index < -0.39 is 57.1 Å². The minimum Gasteiger partial charge on any atom is -0.473 e. The molecule has 3 saturated carbocycles. The van der Waals surface area contributed by atoms with Gasteiger partial charge in [0.2, 0.25) is 5.76 Å². The summed E-state index contributed by atoms with van der Waals surface area (Å²) >= 11 is 13.7. The molecule has 2 heterocycles. The molecular weight excluding hydrogens is 599 g/mol. The van der Waals surface area contributed by atoms with E-state index in [1.807, 2.05) is 32.9 Å². The van der Waals surface area contributed by atoms with E-state index in [4.69, 9.17) is 37.1 Å². The quantitative estimate of drug-likeness (QED) is 0.277. The zero-order valence-electron chi connectivity index (χ0n) is 24.1. The minimum absolute atomic E-state index is 0.0209. The molecule has 0 aromatic carbocycles. The van der Waals surface area contributed by atoms with E-state index in [0.29, 0.717) is 19.3 Å². The maximum absolute atomic E-state index is 13.7. The Hall–Kier alpha value is -3.30. The molecule has 0 radical (unpaired) electrons. The number of allylic oxidation sites excluding steroid dienone is 4. The lowest BCUT2D eigenvalue weighted by atomic mass is 9.45. The Bertz CT molecular complexity index is 1430. The van der Waals surface area contributed by atoms with Gasteiger partial charge in [-0.1, -0.05) is 32.4 Å². The van der Waals surface area contributed by atoms with Crippen LogP contribution in [0.1, 0.15) is 57.0 Å². The van der Waals surface area contributed by atoms with Crippen LogP contribution in [0.25, 0.3) is 0 Å². The Labute approximate surface area is 259 Å². The van der Waals surface area contributed by atoms with Crippen LogP contribution in [0.4, 0.5) is 4.79 Å². The number of fused-ring (bicyclic) bond motifs is 5. The van der Waals surface area contributed by atoms with Crippen LogP contribution in [0.5, 0.6) is 0 Å². The summed E-state index contributed by atoms with van der Waals surface area (Å²) < 4.78 is 21.5. The first-order valence-corrected chi connectivity index (χ1v) is 15.1. The second-order valence-corrected chi connectivity index (χ2v) is 13.1. The summed E-state index contributed by atoms with van der Waals surface area (Å²) in [5, 5.41) is 9.77. The van der Waals surface area contributed by atoms with Gasteiger partial charge >= 0.3 is 12.1 Å². The van der Waals surface area contributed by atoms with Crippen molar-refractivity contribution in [1.82, 2.24) is 0 Å². The molecule has 3 fully saturated rings. The van der Waals surface area contributed by atoms with Gasteiger partial charge in [-0.15, -0.1) is 23.2 Å². The Morgan fingerprint density at radius 3 is 2.42 bits per heavy atom. The van der Waals surface area contributed by atoms with Crippen molar-refractivity contribution in [2.45, 2.75) is 63.0 Å². The number of Topliss-reactive ketones (excluding diaryl/α,β-unsaturated/α-hetero) is 1. The molecule has 0 amide bonds. The second-order valence-electron chi connectivity index (χ2n) is 12.2. The maximum Gasteiger partial charge on any atom is 0.506 e. The van der Waals surface area contributed by atoms with Gasteiger partial charge in [-0.3, -0.25) is 9.59 Å². The summed E-state index contributed by atoms with van der Waals surface area (Å²) in [5.74, 6) is -2.84. The fraction of sp³-hybridized carbons (Fsp3) is 0.500. The van der Waals surface area contributed by atoms with Crippen LogP contribution in [0.15, 0.2) is 75.7 Å². The number of carbonyl (C=O) groups excluding carboxylic acids is 3. The van der Waals surface area contributed by atoms with Crippen molar-refractivity contribution in [2.75, 3.05) is 5.88 Å². The number of esters is 1. The zero-order chi connectivity index (χ0) is 31.2. The van der Waals surface area contributed by atoms with Gasteiger partial charge in [0, 0.05) is 16.7 Å². The van der Waals surface area contributed by atoms with Crippen molar-refractivity contribution in [3.63, 3.8) is 0 Å². The summed E-state index contributed by atoms with van der Waals surface area (Å²) in [6, 6.07) is 6.67. The number of ether oxygens (including phenoxy) is 2. The van der Waals surface area contributed by atoms with E-state index in [-0.39, 0.29) is 29.8 Å². The number of ketones is 2. The Kier molecular flexibility index (Phi) is 8.20. The molecule has 0 bridgehead atoms. The number of furan rings is 2. The van der Waals surface area contributed by atoms with Crippen molar-refractivity contribution < 1.29 is 42.6 Å². The van der Waals surface area contributed by atoms with Crippen LogP contribution >= 0.6 is 23.2 Å². The molecule has 4 aliphatic rings. The summed E-state index contributed by atoms with van der Waals surface area (Å²) in [5.41, 5.74) is -2.73. The highest BCUT2D eigenvalue weighted by Crippen LogP contribution is 2.72. The molecule has 2 aromatic heterocycles. The van der Waals surface area contributed by atoms with E-state index >= 15 is 0 Å². The molecule has 0 aliphatic heterocycles. The molecule has 230 valence electrons. The zero-order valence-corrected chi connectivity index (χ0v) is 25.6. The normalized spacial score (nSPS) is 37.5. The highest BCUT2D eigenvalue weighted by atomic mass is 35.5. The van der Waals surface area contributed by atoms with Crippen molar-refractivity contribution >= 4 is 46.9 Å². The number of hydrogen-bond donors (Lipinski definition) is 1. The van der Waals surface area contributed by atoms with Crippen molar-refractivity contribution in [3.8, 4) is 0 Å². The Balaban J connectivity index is 0.000000668. The van der Waals surface area contributed by atoms with E-state index in [2.05, 4.69) is 4.42 Å². The summed E-state index contributed by atoms with van der Waals surface area (Å²) in [6.45, 7) is 5.61. The fourth-order valence-electron chi connectivity index (χ4n) is 8.53. The third kappa shape index (κ3) is 4.67. The SMILES string of the molecule is C[C@@H]1C[C@H]2[C@@H]3CCC4=CC(=O)C=C[C@]4(C)C3(Cl)[C@@H](OC(=O)O)C[C@]2(C)[C@@]1(OC(=O)c1ccco1)C(=O)CCl.c1ccoc1. The smallest absolute Gasteiger partial charge is 0.473 e. The summed E-state index contributed by atoms with van der Waals surface area (Å²) in [4.78, 5) is 49.9. The molecule has 11 heteroatoms. The number of carbonyl (C=O) groups is 4. The fourth-order valence-corrected chi connectivity index (χ4v) is 9.29. The number of halogens is 2. The molecule has 0 spiro atoms. The molecule has 9 nitrogen and oxygen atoms in total. The lowest BCUT2D eigenvalue weighted by molar-refractivity contribution is -0.178. The topological polar surface area (TPSA) is 133 Å². The Morgan fingerprint density at radius 1 is 1.12 bits per heavy atom. The molecule has 43 heavy (non-hydrogen) atoms. The average Bonchev–Trinajstić information content (AvgIpc) is 3.74. The number of alkyl halides is 2. The van der Waals surface area contributed by atoms with Crippen molar-refractivity contribution in [3.05, 3.63) is 72.6 Å². The van der Waals surface area contributed by atoms with E-state index in [1.165, 1.54) is 18.4 Å². The number of rotatable bonds is 5. The maximum atomic E-state index is 13.7. The van der Waals surface area contributed by atoms with Gasteiger partial charge in [0.15, 0.2) is 17.2 Å². The molecule has 8 atom stereocenters. The second kappa shape index (κ2) is 11.3. The van der Waals surface area contributed by atoms with Gasteiger partial charge in [-0.25, -0.2) is 9.59 Å². The highest BCUT2D eigenvalue weighted by Gasteiger charge is 2.77. The predicted octanol–water partition coefficient (Wildman–Crippen LogP) is 6.85. The summed E-state index contributed by atoms with van der Waals surface area (Å²) in [7, 11) is 0. The van der Waals surface area contributed by atoms with Gasteiger partial charge in [-0.2, -0.15) is 0 Å². The van der Waals surface area contributed by atoms with E-state index in [0.717, 1.165) is 5.57 Å². The molecule has 2 aromatic rings. The number of hydrogen-bond acceptors (Lipinski definition) is 8. The molecule has 6 rings (SSSR count). The number of carboxylic acid groups (broad SMARTS) is 1. The Morgan fingerprint density at radius 2 is 1.84 bits per heavy atom. The molecule has 1 unspecified atom stereocenters. The largest absolute Gasteiger partial charge is 0.506 e. The van der Waals surface area contributed by atoms with Crippen LogP contribution in [-0.4, -0.2) is 51.3 Å². The van der Waals surface area contributed by atoms with Crippen LogP contribution in [0.3, 0.4) is 0 Å². The van der Waals surface area contributed by atoms with Gasteiger partial charge in [0.05, 0.1) is 29.5 Å². The first-order valence-electron chi connectivity index (χ1n) is 14.2. The highest BCUT2D eigenvalue weighted by molar-refractivity contribution is 6.29. The third-order valence-electron chi connectivity index (χ3n) is 10.3. The lowest BCUT2D eigenvalue weighted by Gasteiger charge is -2.64. The molecule has 4 aliphatic carbocycles. The molecule has 0 saturated heterocycles. The first-order chi connectivity index (χ1) is 20.3. The van der Waals surface area contributed by atoms with Crippen LogP contribution < -0.4 is 0 Å². The van der Waals surface area contributed by atoms with Crippen molar-refractivity contribution in [1.29, 1.82) is 0 Å². The minimum atomic E-state index is -1.66. The van der Waals surface area contributed by atoms with Gasteiger partial charge < -0.3 is 23.4 Å². The third-order valence-corrected chi connectivity index (χ3v) is 11.5. The van der Waals surface area contributed by atoms with Gasteiger partial charge in [0.25, 0.3) is 0 Å². The van der Waals surface area contributed by atoms with Crippen LogP contribution in [-0.2, 0) is 19.1 Å². The first kappa shape index (κ1) is 31.1. The predicted molar refractivity (Wildman–Crippen MR) is 156 cm³/mol. The van der Waals surface area contributed by atoms with Gasteiger partial charge in [0.1, 0.15) is 6.10 Å². The summed E-state index contributed by atoms with van der Waals surface area (Å²) in [6.07, 6.45) is 8.47. The van der Waals surface area contributed by atoms with Crippen molar-refractivity contribution in [2.24, 2.45) is 28.6 Å². The average molecular weight is 634 g/mol. The monoisotopic (exact) mass is 632 g/mol.